The molecule has 0 unspecified atom stereocenters. The van der Waals surface area contributed by atoms with Crippen molar-refractivity contribution in [2.45, 2.75) is 26.0 Å². The molecular formula is C19H22BrNO4. The van der Waals surface area contributed by atoms with E-state index in [1.165, 1.54) is 0 Å². The second kappa shape index (κ2) is 8.76. The van der Waals surface area contributed by atoms with E-state index >= 15 is 0 Å². The van der Waals surface area contributed by atoms with Crippen LogP contribution >= 0.6 is 15.9 Å². The molecule has 0 saturated carbocycles. The number of carbonyl (C=O) groups is 1. The van der Waals surface area contributed by atoms with Crippen molar-refractivity contribution in [2.75, 3.05) is 14.2 Å². The van der Waals surface area contributed by atoms with Crippen LogP contribution in [-0.2, 0) is 4.79 Å². The lowest BCUT2D eigenvalue weighted by molar-refractivity contribution is -0.127. The topological polar surface area (TPSA) is 56.8 Å². The van der Waals surface area contributed by atoms with Crippen molar-refractivity contribution in [1.29, 1.82) is 0 Å². The summed E-state index contributed by atoms with van der Waals surface area (Å²) in [6, 6.07) is 12.6. The molecule has 6 heteroatoms. The van der Waals surface area contributed by atoms with Crippen LogP contribution in [0.5, 0.6) is 17.2 Å². The molecule has 0 bridgehead atoms. The monoisotopic (exact) mass is 407 g/mol. The first-order valence-corrected chi connectivity index (χ1v) is 8.68. The lowest BCUT2D eigenvalue weighted by Crippen LogP contribution is -2.37. The Hall–Kier alpha value is -2.21. The Morgan fingerprint density at radius 1 is 1.00 bits per heavy atom. The van der Waals surface area contributed by atoms with E-state index < -0.39 is 6.10 Å². The molecule has 2 aromatic rings. The number of ether oxygens (including phenoxy) is 3. The summed E-state index contributed by atoms with van der Waals surface area (Å²) in [5.74, 6) is 1.82. The Morgan fingerprint density at radius 2 is 1.64 bits per heavy atom. The Labute approximate surface area is 156 Å². The molecule has 0 radical (unpaired) electrons. The Balaban J connectivity index is 2.05. The summed E-state index contributed by atoms with van der Waals surface area (Å²) in [4.78, 5) is 12.4. The van der Waals surface area contributed by atoms with Crippen molar-refractivity contribution in [3.63, 3.8) is 0 Å². The van der Waals surface area contributed by atoms with Crippen LogP contribution in [0, 0.1) is 0 Å². The summed E-state index contributed by atoms with van der Waals surface area (Å²) in [7, 11) is 3.20. The maximum atomic E-state index is 12.4. The standard InChI is InChI=1S/C19H22BrNO4/c1-12(17-11-16(23-3)9-10-18(17)24-4)21-19(22)13(2)25-15-7-5-14(20)6-8-15/h5-13H,1-4H3,(H,21,22)/t12-,13+/m0/s1. The molecular weight excluding hydrogens is 386 g/mol. The highest BCUT2D eigenvalue weighted by Crippen LogP contribution is 2.29. The lowest BCUT2D eigenvalue weighted by Gasteiger charge is -2.21. The highest BCUT2D eigenvalue weighted by atomic mass is 79.9. The summed E-state index contributed by atoms with van der Waals surface area (Å²) in [5, 5.41) is 2.94. The zero-order valence-electron chi connectivity index (χ0n) is 14.7. The molecule has 0 aromatic heterocycles. The van der Waals surface area contributed by atoms with Crippen molar-refractivity contribution < 1.29 is 19.0 Å². The minimum Gasteiger partial charge on any atom is -0.497 e. The fourth-order valence-corrected chi connectivity index (χ4v) is 2.62. The SMILES string of the molecule is COc1ccc(OC)c([C@H](C)NC(=O)[C@@H](C)Oc2ccc(Br)cc2)c1. The first-order chi connectivity index (χ1) is 11.9. The minimum absolute atomic E-state index is 0.208. The van der Waals surface area contributed by atoms with Crippen LogP contribution in [0.15, 0.2) is 46.9 Å². The Kier molecular flexibility index (Phi) is 6.70. The van der Waals surface area contributed by atoms with Gasteiger partial charge >= 0.3 is 0 Å². The number of hydrogen-bond acceptors (Lipinski definition) is 4. The highest BCUT2D eigenvalue weighted by Gasteiger charge is 2.20. The largest absolute Gasteiger partial charge is 0.497 e. The van der Waals surface area contributed by atoms with Crippen LogP contribution in [0.2, 0.25) is 0 Å². The number of methoxy groups -OCH3 is 2. The maximum Gasteiger partial charge on any atom is 0.261 e. The van der Waals surface area contributed by atoms with Gasteiger partial charge in [0.15, 0.2) is 6.10 Å². The molecule has 2 atom stereocenters. The summed E-state index contributed by atoms with van der Waals surface area (Å²) in [5.41, 5.74) is 0.839. The minimum atomic E-state index is -0.625. The molecule has 0 spiro atoms. The van der Waals surface area contributed by atoms with E-state index in [-0.39, 0.29) is 11.9 Å². The van der Waals surface area contributed by atoms with E-state index in [4.69, 9.17) is 14.2 Å². The van der Waals surface area contributed by atoms with Crippen molar-refractivity contribution in [2.24, 2.45) is 0 Å². The fraction of sp³-hybridized carbons (Fsp3) is 0.316. The first-order valence-electron chi connectivity index (χ1n) is 7.89. The summed E-state index contributed by atoms with van der Waals surface area (Å²) in [6.07, 6.45) is -0.625. The van der Waals surface area contributed by atoms with Gasteiger partial charge in [-0.25, -0.2) is 0 Å². The molecule has 5 nitrogen and oxygen atoms in total. The molecule has 1 N–H and O–H groups in total. The van der Waals surface area contributed by atoms with Gasteiger partial charge in [0.2, 0.25) is 0 Å². The van der Waals surface area contributed by atoms with Gasteiger partial charge in [-0.3, -0.25) is 4.79 Å². The number of carbonyl (C=O) groups excluding carboxylic acids is 1. The third-order valence-electron chi connectivity index (χ3n) is 3.76. The molecule has 0 aliphatic heterocycles. The molecule has 134 valence electrons. The van der Waals surface area contributed by atoms with Gasteiger partial charge in [0.25, 0.3) is 5.91 Å². The molecule has 0 aliphatic carbocycles. The quantitative estimate of drug-likeness (QED) is 0.749. The fourth-order valence-electron chi connectivity index (χ4n) is 2.36. The third kappa shape index (κ3) is 5.13. The Bertz CT molecular complexity index is 718. The molecule has 1 amide bonds. The number of halogens is 1. The molecule has 0 aliphatic rings. The van der Waals surface area contributed by atoms with Gasteiger partial charge in [-0.2, -0.15) is 0 Å². The van der Waals surface area contributed by atoms with Crippen LogP contribution in [0.4, 0.5) is 0 Å². The second-order valence-electron chi connectivity index (χ2n) is 5.55. The summed E-state index contributed by atoms with van der Waals surface area (Å²) in [6.45, 7) is 3.61. The van der Waals surface area contributed by atoms with Crippen LogP contribution in [0.25, 0.3) is 0 Å². The molecule has 2 aromatic carbocycles. The second-order valence-corrected chi connectivity index (χ2v) is 6.47. The molecule has 0 saturated heterocycles. The van der Waals surface area contributed by atoms with Crippen molar-refractivity contribution in [3.05, 3.63) is 52.5 Å². The summed E-state index contributed by atoms with van der Waals surface area (Å²) < 4.78 is 17.3. The van der Waals surface area contributed by atoms with Gasteiger partial charge in [0, 0.05) is 10.0 Å². The predicted molar refractivity (Wildman–Crippen MR) is 100 cm³/mol. The molecule has 0 fully saturated rings. The third-order valence-corrected chi connectivity index (χ3v) is 4.29. The normalized spacial score (nSPS) is 12.8. The van der Waals surface area contributed by atoms with E-state index in [1.807, 2.05) is 49.4 Å². The van der Waals surface area contributed by atoms with Gasteiger partial charge in [-0.1, -0.05) is 15.9 Å². The van der Waals surface area contributed by atoms with E-state index in [9.17, 15) is 4.79 Å². The van der Waals surface area contributed by atoms with Gasteiger partial charge in [-0.05, 0) is 56.3 Å². The highest BCUT2D eigenvalue weighted by molar-refractivity contribution is 9.10. The van der Waals surface area contributed by atoms with E-state index in [1.54, 1.807) is 21.1 Å². The van der Waals surface area contributed by atoms with E-state index in [2.05, 4.69) is 21.2 Å². The molecule has 0 heterocycles. The number of benzene rings is 2. The van der Waals surface area contributed by atoms with Gasteiger partial charge < -0.3 is 19.5 Å². The van der Waals surface area contributed by atoms with Crippen LogP contribution in [0.1, 0.15) is 25.5 Å². The average molecular weight is 408 g/mol. The van der Waals surface area contributed by atoms with Crippen LogP contribution in [0.3, 0.4) is 0 Å². The predicted octanol–water partition coefficient (Wildman–Crippen LogP) is 4.11. The average Bonchev–Trinajstić information content (AvgIpc) is 2.62. The molecule has 2 rings (SSSR count). The number of nitrogens with one attached hydrogen (secondary N) is 1. The first kappa shape index (κ1) is 19.1. The van der Waals surface area contributed by atoms with Gasteiger partial charge in [0.05, 0.1) is 20.3 Å². The van der Waals surface area contributed by atoms with E-state index in [0.29, 0.717) is 17.2 Å². The molecule has 25 heavy (non-hydrogen) atoms. The Morgan fingerprint density at radius 3 is 2.24 bits per heavy atom. The summed E-state index contributed by atoms with van der Waals surface area (Å²) >= 11 is 3.37. The number of hydrogen-bond donors (Lipinski definition) is 1. The number of amides is 1. The van der Waals surface area contributed by atoms with Crippen molar-refractivity contribution >= 4 is 21.8 Å². The van der Waals surface area contributed by atoms with Crippen molar-refractivity contribution in [3.8, 4) is 17.2 Å². The zero-order valence-corrected chi connectivity index (χ0v) is 16.3. The van der Waals surface area contributed by atoms with Gasteiger partial charge in [0.1, 0.15) is 17.2 Å². The smallest absolute Gasteiger partial charge is 0.261 e. The van der Waals surface area contributed by atoms with Crippen LogP contribution < -0.4 is 19.5 Å². The maximum absolute atomic E-state index is 12.4. The van der Waals surface area contributed by atoms with E-state index in [0.717, 1.165) is 10.0 Å². The van der Waals surface area contributed by atoms with Gasteiger partial charge in [-0.15, -0.1) is 0 Å². The lowest BCUT2D eigenvalue weighted by atomic mass is 10.1. The number of rotatable bonds is 7. The van der Waals surface area contributed by atoms with Crippen LogP contribution in [-0.4, -0.2) is 26.2 Å². The zero-order chi connectivity index (χ0) is 18.4. The van der Waals surface area contributed by atoms with Crippen molar-refractivity contribution in [1.82, 2.24) is 5.32 Å².